The third kappa shape index (κ3) is 1.84. The Bertz CT molecular complexity index is 657. The van der Waals surface area contributed by atoms with E-state index in [1.165, 1.54) is 0 Å². The molecule has 1 saturated heterocycles. The van der Waals surface area contributed by atoms with E-state index < -0.39 is 0 Å². The summed E-state index contributed by atoms with van der Waals surface area (Å²) in [5.41, 5.74) is 2.68. The van der Waals surface area contributed by atoms with Crippen LogP contribution in [0.25, 0.3) is 10.9 Å². The zero-order chi connectivity index (χ0) is 12.7. The van der Waals surface area contributed by atoms with E-state index in [2.05, 4.69) is 10.3 Å². The molecule has 1 fully saturated rings. The fraction of sp³-hybridized carbons (Fsp3) is 0.357. The van der Waals surface area contributed by atoms with Crippen molar-refractivity contribution in [2.75, 3.05) is 13.1 Å². The minimum Gasteiger partial charge on any atom is -0.321 e. The van der Waals surface area contributed by atoms with Crippen LogP contribution in [0.3, 0.4) is 0 Å². The highest BCUT2D eigenvalue weighted by Gasteiger charge is 2.20. The van der Waals surface area contributed by atoms with Gasteiger partial charge in [0.1, 0.15) is 0 Å². The van der Waals surface area contributed by atoms with Gasteiger partial charge in [0.25, 0.3) is 5.56 Å². The van der Waals surface area contributed by atoms with Crippen molar-refractivity contribution >= 4 is 22.5 Å². The molecule has 1 aromatic heterocycles. The predicted molar refractivity (Wildman–Crippen MR) is 74.5 cm³/mol. The number of aromatic nitrogens is 1. The Kier molecular flexibility index (Phi) is 2.88. The Morgan fingerprint density at radius 2 is 2.22 bits per heavy atom. The SMILES string of the molecule is Cc1c(Cl)ccc2cc(C3CCNC3)c(=O)[nH]c12. The van der Waals surface area contributed by atoms with Gasteiger partial charge in [-0.2, -0.15) is 0 Å². The summed E-state index contributed by atoms with van der Waals surface area (Å²) in [5, 5.41) is 5.04. The topological polar surface area (TPSA) is 44.9 Å². The van der Waals surface area contributed by atoms with Gasteiger partial charge in [0.15, 0.2) is 0 Å². The van der Waals surface area contributed by atoms with Gasteiger partial charge in [0, 0.05) is 23.0 Å². The molecular weight excluding hydrogens is 248 g/mol. The minimum atomic E-state index is 0.0153. The molecular formula is C14H15ClN2O. The molecule has 1 unspecified atom stereocenters. The van der Waals surface area contributed by atoms with Crippen molar-refractivity contribution in [3.63, 3.8) is 0 Å². The fourth-order valence-electron chi connectivity index (χ4n) is 2.64. The van der Waals surface area contributed by atoms with Crippen molar-refractivity contribution in [3.05, 3.63) is 44.7 Å². The van der Waals surface area contributed by atoms with Gasteiger partial charge >= 0.3 is 0 Å². The van der Waals surface area contributed by atoms with Crippen LogP contribution < -0.4 is 10.9 Å². The zero-order valence-corrected chi connectivity index (χ0v) is 11.0. The highest BCUT2D eigenvalue weighted by Crippen LogP contribution is 2.26. The van der Waals surface area contributed by atoms with Crippen LogP contribution in [-0.2, 0) is 0 Å². The molecule has 0 amide bonds. The van der Waals surface area contributed by atoms with E-state index in [9.17, 15) is 4.79 Å². The van der Waals surface area contributed by atoms with E-state index in [4.69, 9.17) is 11.6 Å². The predicted octanol–water partition coefficient (Wildman–Crippen LogP) is 2.57. The molecule has 2 aromatic rings. The van der Waals surface area contributed by atoms with Crippen molar-refractivity contribution in [2.24, 2.45) is 0 Å². The Morgan fingerprint density at radius 3 is 2.94 bits per heavy atom. The van der Waals surface area contributed by atoms with Crippen molar-refractivity contribution in [1.82, 2.24) is 10.3 Å². The third-order valence-electron chi connectivity index (χ3n) is 3.74. The molecule has 18 heavy (non-hydrogen) atoms. The van der Waals surface area contributed by atoms with Gasteiger partial charge in [-0.3, -0.25) is 4.79 Å². The summed E-state index contributed by atoms with van der Waals surface area (Å²) in [7, 11) is 0. The molecule has 1 aliphatic rings. The fourth-order valence-corrected chi connectivity index (χ4v) is 2.79. The number of H-pyrrole nitrogens is 1. The molecule has 0 radical (unpaired) electrons. The average molecular weight is 263 g/mol. The van der Waals surface area contributed by atoms with E-state index in [1.54, 1.807) is 0 Å². The van der Waals surface area contributed by atoms with Crippen molar-refractivity contribution in [2.45, 2.75) is 19.3 Å². The summed E-state index contributed by atoms with van der Waals surface area (Å²) >= 11 is 6.07. The average Bonchev–Trinajstić information content (AvgIpc) is 2.88. The Labute approximate surface area is 110 Å². The maximum Gasteiger partial charge on any atom is 0.251 e. The molecule has 1 aliphatic heterocycles. The summed E-state index contributed by atoms with van der Waals surface area (Å²) in [6.45, 7) is 3.81. The number of aryl methyl sites for hydroxylation is 1. The third-order valence-corrected chi connectivity index (χ3v) is 4.15. The number of nitrogens with one attached hydrogen (secondary N) is 2. The molecule has 4 heteroatoms. The van der Waals surface area contributed by atoms with Crippen LogP contribution >= 0.6 is 11.6 Å². The van der Waals surface area contributed by atoms with Crippen LogP contribution in [0.5, 0.6) is 0 Å². The number of benzene rings is 1. The van der Waals surface area contributed by atoms with Gasteiger partial charge in [-0.1, -0.05) is 17.7 Å². The summed E-state index contributed by atoms with van der Waals surface area (Å²) in [4.78, 5) is 15.1. The lowest BCUT2D eigenvalue weighted by atomic mass is 9.98. The lowest BCUT2D eigenvalue weighted by Gasteiger charge is -2.10. The summed E-state index contributed by atoms with van der Waals surface area (Å²) < 4.78 is 0. The molecule has 2 N–H and O–H groups in total. The van der Waals surface area contributed by atoms with Gasteiger partial charge in [-0.05, 0) is 43.0 Å². The summed E-state index contributed by atoms with van der Waals surface area (Å²) in [6, 6.07) is 5.86. The largest absolute Gasteiger partial charge is 0.321 e. The van der Waals surface area contributed by atoms with E-state index in [1.807, 2.05) is 25.1 Å². The van der Waals surface area contributed by atoms with Crippen LogP contribution in [-0.4, -0.2) is 18.1 Å². The number of hydrogen-bond acceptors (Lipinski definition) is 2. The molecule has 3 nitrogen and oxygen atoms in total. The summed E-state index contributed by atoms with van der Waals surface area (Å²) in [6.07, 6.45) is 1.03. The molecule has 1 atom stereocenters. The lowest BCUT2D eigenvalue weighted by Crippen LogP contribution is -2.18. The smallest absolute Gasteiger partial charge is 0.251 e. The molecule has 0 bridgehead atoms. The van der Waals surface area contributed by atoms with Gasteiger partial charge in [0.2, 0.25) is 0 Å². The second-order valence-corrected chi connectivity index (χ2v) is 5.29. The van der Waals surface area contributed by atoms with Gasteiger partial charge < -0.3 is 10.3 Å². The van der Waals surface area contributed by atoms with Gasteiger partial charge in [-0.15, -0.1) is 0 Å². The zero-order valence-electron chi connectivity index (χ0n) is 10.2. The van der Waals surface area contributed by atoms with Crippen molar-refractivity contribution in [1.29, 1.82) is 0 Å². The normalized spacial score (nSPS) is 19.6. The molecule has 0 spiro atoms. The number of pyridine rings is 1. The maximum absolute atomic E-state index is 12.2. The number of rotatable bonds is 1. The van der Waals surface area contributed by atoms with E-state index in [0.717, 1.165) is 41.5 Å². The quantitative estimate of drug-likeness (QED) is 0.830. The van der Waals surface area contributed by atoms with Crippen LogP contribution in [0, 0.1) is 6.92 Å². The standard InChI is InChI=1S/C14H15ClN2O/c1-8-12(15)3-2-9-6-11(10-4-5-16-7-10)14(18)17-13(8)9/h2-3,6,10,16H,4-5,7H2,1H3,(H,17,18). The minimum absolute atomic E-state index is 0.0153. The van der Waals surface area contributed by atoms with Crippen LogP contribution in [0.15, 0.2) is 23.0 Å². The van der Waals surface area contributed by atoms with E-state index >= 15 is 0 Å². The molecule has 2 heterocycles. The monoisotopic (exact) mass is 262 g/mol. The van der Waals surface area contributed by atoms with Crippen LogP contribution in [0.2, 0.25) is 5.02 Å². The number of aromatic amines is 1. The first-order valence-electron chi connectivity index (χ1n) is 6.19. The summed E-state index contributed by atoms with van der Waals surface area (Å²) in [5.74, 6) is 0.328. The second kappa shape index (κ2) is 4.41. The second-order valence-electron chi connectivity index (χ2n) is 4.88. The number of hydrogen-bond donors (Lipinski definition) is 2. The molecule has 94 valence electrons. The maximum atomic E-state index is 12.2. The molecule has 3 rings (SSSR count). The van der Waals surface area contributed by atoms with E-state index in [-0.39, 0.29) is 5.56 Å². The van der Waals surface area contributed by atoms with Crippen molar-refractivity contribution in [3.8, 4) is 0 Å². The number of fused-ring (bicyclic) bond motifs is 1. The first-order valence-corrected chi connectivity index (χ1v) is 6.57. The highest BCUT2D eigenvalue weighted by molar-refractivity contribution is 6.32. The van der Waals surface area contributed by atoms with Crippen LogP contribution in [0.4, 0.5) is 0 Å². The number of halogens is 1. The molecule has 0 aliphatic carbocycles. The Morgan fingerprint density at radius 1 is 1.39 bits per heavy atom. The van der Waals surface area contributed by atoms with Gasteiger partial charge in [0.05, 0.1) is 5.52 Å². The first-order chi connectivity index (χ1) is 8.66. The molecule has 1 aromatic carbocycles. The van der Waals surface area contributed by atoms with E-state index in [0.29, 0.717) is 10.9 Å². The first kappa shape index (κ1) is 11.8. The van der Waals surface area contributed by atoms with Gasteiger partial charge in [-0.25, -0.2) is 0 Å². The highest BCUT2D eigenvalue weighted by atomic mass is 35.5. The Hall–Kier alpha value is -1.32. The molecule has 0 saturated carbocycles. The van der Waals surface area contributed by atoms with Crippen molar-refractivity contribution < 1.29 is 0 Å². The van der Waals surface area contributed by atoms with Crippen LogP contribution in [0.1, 0.15) is 23.5 Å². The Balaban J connectivity index is 2.21. The lowest BCUT2D eigenvalue weighted by molar-refractivity contribution is 0.753.